The number of hydrogen-bond acceptors (Lipinski definition) is 4. The van der Waals surface area contributed by atoms with Gasteiger partial charge in [0.05, 0.1) is 18.3 Å². The highest BCUT2D eigenvalue weighted by Crippen LogP contribution is 2.14. The van der Waals surface area contributed by atoms with Crippen molar-refractivity contribution in [2.45, 2.75) is 13.3 Å². The fourth-order valence-electron chi connectivity index (χ4n) is 1.11. The summed E-state index contributed by atoms with van der Waals surface area (Å²) in [5.41, 5.74) is 0.617. The molecule has 0 radical (unpaired) electrons. The molecule has 0 amide bonds. The Labute approximate surface area is 77.6 Å². The molecule has 0 saturated carbocycles. The lowest BCUT2D eigenvalue weighted by molar-refractivity contribution is -0.136. The molecule has 0 spiro atoms. The molecule has 13 heavy (non-hydrogen) atoms. The maximum Gasteiger partial charge on any atom is 0.309 e. The van der Waals surface area contributed by atoms with Gasteiger partial charge in [0.1, 0.15) is 5.01 Å². The number of carbonyl (C=O) groups is 1. The van der Waals surface area contributed by atoms with Crippen LogP contribution in [-0.4, -0.2) is 25.7 Å². The Morgan fingerprint density at radius 2 is 2.54 bits per heavy atom. The molecule has 2 aromatic rings. The summed E-state index contributed by atoms with van der Waals surface area (Å²) in [4.78, 5) is 15.2. The molecule has 0 aliphatic heterocycles. The van der Waals surface area contributed by atoms with Gasteiger partial charge in [-0.2, -0.15) is 5.10 Å². The smallest absolute Gasteiger partial charge is 0.309 e. The molecule has 6 heteroatoms. The number of carboxylic acids is 1. The van der Waals surface area contributed by atoms with Gasteiger partial charge in [0, 0.05) is 0 Å². The van der Waals surface area contributed by atoms with Crippen molar-refractivity contribution in [3.8, 4) is 0 Å². The Hall–Kier alpha value is -1.43. The zero-order chi connectivity index (χ0) is 9.42. The largest absolute Gasteiger partial charge is 0.481 e. The van der Waals surface area contributed by atoms with Gasteiger partial charge in [0.25, 0.3) is 0 Å². The molecule has 0 saturated heterocycles. The van der Waals surface area contributed by atoms with E-state index in [4.69, 9.17) is 5.11 Å². The number of aromatic nitrogens is 3. The van der Waals surface area contributed by atoms with E-state index in [1.807, 2.05) is 6.92 Å². The van der Waals surface area contributed by atoms with Crippen LogP contribution in [0.1, 0.15) is 10.7 Å². The van der Waals surface area contributed by atoms with E-state index in [0.29, 0.717) is 5.69 Å². The van der Waals surface area contributed by atoms with Crippen LogP contribution in [0.25, 0.3) is 4.96 Å². The van der Waals surface area contributed by atoms with E-state index in [1.54, 1.807) is 10.7 Å². The Morgan fingerprint density at radius 1 is 1.77 bits per heavy atom. The number of imidazole rings is 1. The van der Waals surface area contributed by atoms with Gasteiger partial charge in [-0.15, -0.1) is 0 Å². The van der Waals surface area contributed by atoms with Gasteiger partial charge in [-0.3, -0.25) is 4.79 Å². The van der Waals surface area contributed by atoms with Crippen molar-refractivity contribution in [3.05, 3.63) is 16.9 Å². The molecule has 5 nitrogen and oxygen atoms in total. The van der Waals surface area contributed by atoms with E-state index in [9.17, 15) is 4.79 Å². The minimum Gasteiger partial charge on any atom is -0.481 e. The van der Waals surface area contributed by atoms with Gasteiger partial charge in [0.15, 0.2) is 0 Å². The third-order valence-electron chi connectivity index (χ3n) is 1.59. The van der Waals surface area contributed by atoms with Gasteiger partial charge in [0.2, 0.25) is 4.96 Å². The van der Waals surface area contributed by atoms with E-state index in [2.05, 4.69) is 10.1 Å². The van der Waals surface area contributed by atoms with Crippen LogP contribution in [0.15, 0.2) is 6.20 Å². The lowest BCUT2D eigenvalue weighted by atomic mass is 10.3. The molecular weight excluding hydrogens is 190 g/mol. The molecule has 0 aliphatic carbocycles. The summed E-state index contributed by atoms with van der Waals surface area (Å²) in [6.07, 6.45) is 1.51. The van der Waals surface area contributed by atoms with Crippen molar-refractivity contribution in [1.82, 2.24) is 14.6 Å². The van der Waals surface area contributed by atoms with Crippen molar-refractivity contribution in [1.29, 1.82) is 0 Å². The molecule has 2 rings (SSSR count). The van der Waals surface area contributed by atoms with E-state index in [-0.39, 0.29) is 6.42 Å². The van der Waals surface area contributed by atoms with Crippen LogP contribution in [0.5, 0.6) is 0 Å². The number of fused-ring (bicyclic) bond motifs is 1. The highest BCUT2D eigenvalue weighted by atomic mass is 32.1. The number of aryl methyl sites for hydroxylation is 1. The summed E-state index contributed by atoms with van der Waals surface area (Å²) < 4.78 is 1.58. The number of nitrogens with zero attached hydrogens (tertiary/aromatic N) is 3. The third kappa shape index (κ3) is 1.40. The van der Waals surface area contributed by atoms with Crippen LogP contribution in [0.2, 0.25) is 0 Å². The summed E-state index contributed by atoms with van der Waals surface area (Å²) in [6.45, 7) is 1.86. The summed E-state index contributed by atoms with van der Waals surface area (Å²) in [7, 11) is 0. The highest BCUT2D eigenvalue weighted by Gasteiger charge is 2.10. The van der Waals surface area contributed by atoms with Crippen LogP contribution in [0, 0.1) is 6.92 Å². The molecule has 0 bridgehead atoms. The van der Waals surface area contributed by atoms with E-state index >= 15 is 0 Å². The Balaban J connectivity index is 2.50. The Morgan fingerprint density at radius 3 is 3.23 bits per heavy atom. The van der Waals surface area contributed by atoms with Crippen LogP contribution in [0.3, 0.4) is 0 Å². The van der Waals surface area contributed by atoms with Gasteiger partial charge >= 0.3 is 5.97 Å². The summed E-state index contributed by atoms with van der Waals surface area (Å²) in [5.74, 6) is -0.868. The van der Waals surface area contributed by atoms with Crippen molar-refractivity contribution in [2.24, 2.45) is 0 Å². The van der Waals surface area contributed by atoms with Crippen molar-refractivity contribution >= 4 is 22.3 Å². The van der Waals surface area contributed by atoms with Crippen molar-refractivity contribution in [3.63, 3.8) is 0 Å². The maximum absolute atomic E-state index is 10.5. The van der Waals surface area contributed by atoms with Crippen LogP contribution < -0.4 is 0 Å². The number of carboxylic acid groups (broad SMARTS) is 1. The predicted octanol–water partition coefficient (Wildman–Crippen LogP) is 0.726. The first kappa shape index (κ1) is 8.18. The fraction of sp³-hybridized carbons (Fsp3) is 0.286. The summed E-state index contributed by atoms with van der Waals surface area (Å²) in [5, 5.41) is 13.6. The standard InChI is InChI=1S/C7H7N3O2S/c1-4-9-10-5(2-6(11)12)3-8-7(10)13-4/h3H,2H2,1H3,(H,11,12). The third-order valence-corrected chi connectivity index (χ3v) is 2.43. The fourth-order valence-corrected chi connectivity index (χ4v) is 1.84. The number of rotatable bonds is 2. The lowest BCUT2D eigenvalue weighted by Crippen LogP contribution is -2.03. The molecule has 68 valence electrons. The van der Waals surface area contributed by atoms with Crippen molar-refractivity contribution in [2.75, 3.05) is 0 Å². The molecule has 1 N–H and O–H groups in total. The lowest BCUT2D eigenvalue weighted by Gasteiger charge is -1.90. The minimum atomic E-state index is -0.868. The number of aliphatic carboxylic acids is 1. The quantitative estimate of drug-likeness (QED) is 0.770. The predicted molar refractivity (Wildman–Crippen MR) is 46.9 cm³/mol. The second-order valence-electron chi connectivity index (χ2n) is 2.64. The molecule has 0 fully saturated rings. The molecule has 0 atom stereocenters. The molecule has 2 aromatic heterocycles. The summed E-state index contributed by atoms with van der Waals surface area (Å²) >= 11 is 1.45. The maximum atomic E-state index is 10.5. The van der Waals surface area contributed by atoms with Crippen LogP contribution >= 0.6 is 11.3 Å². The number of hydrogen-bond donors (Lipinski definition) is 1. The Bertz CT molecular complexity index is 459. The van der Waals surface area contributed by atoms with Gasteiger partial charge in [-0.1, -0.05) is 11.3 Å². The molecule has 0 aromatic carbocycles. The second-order valence-corrected chi connectivity index (χ2v) is 3.80. The monoisotopic (exact) mass is 197 g/mol. The molecule has 2 heterocycles. The topological polar surface area (TPSA) is 67.5 Å². The Kier molecular flexibility index (Phi) is 1.77. The van der Waals surface area contributed by atoms with E-state index < -0.39 is 5.97 Å². The van der Waals surface area contributed by atoms with Crippen LogP contribution in [-0.2, 0) is 11.2 Å². The highest BCUT2D eigenvalue weighted by molar-refractivity contribution is 7.16. The minimum absolute atomic E-state index is 0.0374. The first-order valence-electron chi connectivity index (χ1n) is 3.68. The SMILES string of the molecule is Cc1nn2c(CC(=O)O)cnc2s1. The van der Waals surface area contributed by atoms with Crippen LogP contribution in [0.4, 0.5) is 0 Å². The second kappa shape index (κ2) is 2.81. The molecule has 0 unspecified atom stereocenters. The van der Waals surface area contributed by atoms with E-state index in [0.717, 1.165) is 9.97 Å². The molecule has 0 aliphatic rings. The summed E-state index contributed by atoms with van der Waals surface area (Å²) in [6, 6.07) is 0. The molecular formula is C7H7N3O2S. The zero-order valence-electron chi connectivity index (χ0n) is 6.89. The average molecular weight is 197 g/mol. The first-order valence-corrected chi connectivity index (χ1v) is 4.50. The van der Waals surface area contributed by atoms with Gasteiger partial charge in [-0.05, 0) is 6.92 Å². The van der Waals surface area contributed by atoms with Gasteiger partial charge in [-0.25, -0.2) is 9.50 Å². The first-order chi connectivity index (χ1) is 6.16. The van der Waals surface area contributed by atoms with Crippen molar-refractivity contribution < 1.29 is 9.90 Å². The van der Waals surface area contributed by atoms with Gasteiger partial charge < -0.3 is 5.11 Å². The van der Waals surface area contributed by atoms with E-state index in [1.165, 1.54) is 11.3 Å². The zero-order valence-corrected chi connectivity index (χ0v) is 7.71. The normalized spacial score (nSPS) is 10.8. The average Bonchev–Trinajstić information content (AvgIpc) is 2.51.